The molecule has 2 fully saturated rings. The molecule has 3 aromatic rings. The lowest BCUT2D eigenvalue weighted by Gasteiger charge is -2.41. The number of likely N-dealkylation sites (N-methyl/N-ethyl adjacent to an activating group) is 1. The van der Waals surface area contributed by atoms with Crippen LogP contribution in [0.1, 0.15) is 56.5 Å². The minimum atomic E-state index is -0.621. The minimum absolute atomic E-state index is 0.167. The van der Waals surface area contributed by atoms with Gasteiger partial charge in [-0.25, -0.2) is 11.4 Å². The van der Waals surface area contributed by atoms with Crippen LogP contribution in [0.4, 0.5) is 10.6 Å². The number of anilines is 1. The maximum Gasteiger partial charge on any atom is 0.410 e. The second kappa shape index (κ2) is 13.0. The molecule has 2 aromatic carbocycles. The first-order valence-electron chi connectivity index (χ1n) is 15.7. The number of carbonyl (C=O) groups excluding carboxylic acids is 1. The third-order valence-corrected chi connectivity index (χ3v) is 9.19. The van der Waals surface area contributed by atoms with E-state index in [1.54, 1.807) is 4.90 Å². The van der Waals surface area contributed by atoms with Crippen molar-refractivity contribution in [2.75, 3.05) is 51.3 Å². The summed E-state index contributed by atoms with van der Waals surface area (Å²) < 4.78 is 18.5. The third kappa shape index (κ3) is 6.81. The molecule has 4 heterocycles. The smallest absolute Gasteiger partial charge is 0.410 e. The molecule has 3 aliphatic rings. The first kappa shape index (κ1) is 31.3. The van der Waals surface area contributed by atoms with E-state index in [1.807, 2.05) is 39.0 Å². The van der Waals surface area contributed by atoms with Gasteiger partial charge in [0, 0.05) is 48.1 Å². The van der Waals surface area contributed by atoms with Gasteiger partial charge in [-0.1, -0.05) is 41.9 Å². The molecule has 2 saturated heterocycles. The maximum absolute atomic E-state index is 13.1. The Morgan fingerprint density at radius 2 is 1.93 bits per heavy atom. The highest BCUT2D eigenvalue weighted by molar-refractivity contribution is 6.35. The SMILES string of the molecule is [C-]#[N+]C[C@H]1CN(c2nc(OC[C@@H]3CCCN3C)nc3c2CO[C@H](c2cccc4cccc(Cl)c24)C3)CCN1C(=O)OC(C)(C)C. The molecule has 0 N–H and O–H groups in total. The van der Waals surface area contributed by atoms with E-state index in [2.05, 4.69) is 39.9 Å². The molecule has 0 radical (unpaired) electrons. The van der Waals surface area contributed by atoms with Crippen molar-refractivity contribution in [1.82, 2.24) is 19.8 Å². The number of benzene rings is 2. The molecule has 6 rings (SSSR count). The van der Waals surface area contributed by atoms with Crippen molar-refractivity contribution >= 4 is 34.3 Å². The van der Waals surface area contributed by atoms with Gasteiger partial charge in [-0.2, -0.15) is 9.97 Å². The van der Waals surface area contributed by atoms with Crippen LogP contribution in [0.2, 0.25) is 5.02 Å². The van der Waals surface area contributed by atoms with Crippen molar-refractivity contribution in [2.24, 2.45) is 0 Å². The van der Waals surface area contributed by atoms with E-state index in [-0.39, 0.29) is 18.7 Å². The third-order valence-electron chi connectivity index (χ3n) is 8.88. The van der Waals surface area contributed by atoms with Crippen LogP contribution in [0.25, 0.3) is 15.6 Å². The van der Waals surface area contributed by atoms with Crippen LogP contribution in [-0.4, -0.2) is 89.9 Å². The number of halogens is 1. The lowest BCUT2D eigenvalue weighted by molar-refractivity contribution is 0.0151. The second-order valence-electron chi connectivity index (χ2n) is 13.1. The molecular formula is C34H41ClN6O4. The Morgan fingerprint density at radius 1 is 1.13 bits per heavy atom. The molecule has 3 atom stereocenters. The highest BCUT2D eigenvalue weighted by Crippen LogP contribution is 2.39. The van der Waals surface area contributed by atoms with E-state index in [4.69, 9.17) is 42.4 Å². The van der Waals surface area contributed by atoms with Gasteiger partial charge in [0.25, 0.3) is 0 Å². The molecule has 3 aliphatic heterocycles. The van der Waals surface area contributed by atoms with Crippen LogP contribution in [0, 0.1) is 6.57 Å². The highest BCUT2D eigenvalue weighted by atomic mass is 35.5. The molecule has 0 spiro atoms. The number of fused-ring (bicyclic) bond motifs is 2. The van der Waals surface area contributed by atoms with Crippen molar-refractivity contribution in [2.45, 2.75) is 70.4 Å². The zero-order valence-corrected chi connectivity index (χ0v) is 27.2. The van der Waals surface area contributed by atoms with Crippen molar-refractivity contribution in [3.05, 3.63) is 69.7 Å². The Hall–Kier alpha value is -3.65. The molecular weight excluding hydrogens is 592 g/mol. The fraction of sp³-hybridized carbons (Fsp3) is 0.529. The van der Waals surface area contributed by atoms with E-state index in [0.717, 1.165) is 52.8 Å². The standard InChI is InChI=1S/C34H41ClN6O4/c1-34(2,3)45-33(42)41-16-15-40(19-24(41)18-36-4)31-26-21-43-29(25-12-6-9-22-10-7-13-27(35)30(22)25)17-28(26)37-32(38-31)44-20-23-11-8-14-39(23)5/h6-7,9-10,12-13,23-24,29H,8,11,14-21H2,1-3,5H3/t23-,24-,29-/m0/s1. The van der Waals surface area contributed by atoms with E-state index >= 15 is 0 Å². The number of carbonyl (C=O) groups is 1. The van der Waals surface area contributed by atoms with Gasteiger partial charge in [0.2, 0.25) is 6.54 Å². The Labute approximate surface area is 270 Å². The highest BCUT2D eigenvalue weighted by Gasteiger charge is 2.38. The van der Waals surface area contributed by atoms with Gasteiger partial charge in [-0.15, -0.1) is 0 Å². The minimum Gasteiger partial charge on any atom is -0.462 e. The van der Waals surface area contributed by atoms with Gasteiger partial charge in [-0.3, -0.25) is 4.90 Å². The predicted molar refractivity (Wildman–Crippen MR) is 174 cm³/mol. The molecule has 1 amide bonds. The van der Waals surface area contributed by atoms with E-state index < -0.39 is 11.7 Å². The summed E-state index contributed by atoms with van der Waals surface area (Å²) in [5.74, 6) is 0.739. The Kier molecular flexibility index (Phi) is 9.05. The maximum atomic E-state index is 13.1. The lowest BCUT2D eigenvalue weighted by Crippen LogP contribution is -2.57. The molecule has 1 aromatic heterocycles. The first-order chi connectivity index (χ1) is 21.6. The number of rotatable bonds is 6. The van der Waals surface area contributed by atoms with Crippen LogP contribution >= 0.6 is 11.6 Å². The Morgan fingerprint density at radius 3 is 2.67 bits per heavy atom. The quantitative estimate of drug-likeness (QED) is 0.310. The predicted octanol–water partition coefficient (Wildman–Crippen LogP) is 5.92. The second-order valence-corrected chi connectivity index (χ2v) is 13.6. The number of hydrogen-bond acceptors (Lipinski definition) is 8. The molecule has 0 aliphatic carbocycles. The number of amides is 1. The first-order valence-corrected chi connectivity index (χ1v) is 16.1. The fourth-order valence-electron chi connectivity index (χ4n) is 6.58. The number of likely N-dealkylation sites (tertiary alicyclic amines) is 1. The molecule has 11 heteroatoms. The average molecular weight is 633 g/mol. The monoisotopic (exact) mass is 632 g/mol. The van der Waals surface area contributed by atoms with Gasteiger partial charge < -0.3 is 28.9 Å². The summed E-state index contributed by atoms with van der Waals surface area (Å²) >= 11 is 6.69. The van der Waals surface area contributed by atoms with E-state index in [1.165, 1.54) is 0 Å². The number of ether oxygens (including phenoxy) is 3. The molecule has 238 valence electrons. The van der Waals surface area contributed by atoms with Crippen LogP contribution in [0.5, 0.6) is 6.01 Å². The van der Waals surface area contributed by atoms with Crippen molar-refractivity contribution < 1.29 is 19.0 Å². The number of piperazine rings is 1. The normalized spacial score (nSPS) is 22.3. The van der Waals surface area contributed by atoms with Gasteiger partial charge >= 0.3 is 12.1 Å². The van der Waals surface area contributed by atoms with Crippen LogP contribution < -0.4 is 9.64 Å². The molecule has 0 bridgehead atoms. The topological polar surface area (TPSA) is 84.6 Å². The summed E-state index contributed by atoms with van der Waals surface area (Å²) in [6.45, 7) is 16.6. The molecule has 45 heavy (non-hydrogen) atoms. The number of nitrogens with zero attached hydrogens (tertiary/aromatic N) is 6. The van der Waals surface area contributed by atoms with Crippen molar-refractivity contribution in [3.63, 3.8) is 0 Å². The Bertz CT molecular complexity index is 1600. The van der Waals surface area contributed by atoms with Gasteiger partial charge in [0.1, 0.15) is 24.1 Å². The zero-order valence-electron chi connectivity index (χ0n) is 26.5. The van der Waals surface area contributed by atoms with Gasteiger partial charge in [0.05, 0.1) is 18.4 Å². The fourth-order valence-corrected chi connectivity index (χ4v) is 6.87. The lowest BCUT2D eigenvalue weighted by atomic mass is 9.94. The number of hydrogen-bond donors (Lipinski definition) is 0. The summed E-state index contributed by atoms with van der Waals surface area (Å²) in [5, 5.41) is 2.75. The van der Waals surface area contributed by atoms with Crippen LogP contribution in [0.15, 0.2) is 36.4 Å². The summed E-state index contributed by atoms with van der Waals surface area (Å²) in [6.07, 6.45) is 2.13. The molecule has 10 nitrogen and oxygen atoms in total. The summed E-state index contributed by atoms with van der Waals surface area (Å²) in [5.41, 5.74) is 2.20. The van der Waals surface area contributed by atoms with Crippen LogP contribution in [0.3, 0.4) is 0 Å². The summed E-state index contributed by atoms with van der Waals surface area (Å²) in [4.78, 5) is 32.7. The number of aromatic nitrogens is 2. The van der Waals surface area contributed by atoms with Gasteiger partial charge in [0.15, 0.2) is 0 Å². The Balaban J connectivity index is 1.32. The molecule has 0 unspecified atom stereocenters. The molecule has 0 saturated carbocycles. The van der Waals surface area contributed by atoms with Crippen LogP contribution in [-0.2, 0) is 22.5 Å². The summed E-state index contributed by atoms with van der Waals surface area (Å²) in [6, 6.07) is 12.4. The van der Waals surface area contributed by atoms with E-state index in [9.17, 15) is 4.79 Å². The average Bonchev–Trinajstić information content (AvgIpc) is 3.42. The van der Waals surface area contributed by atoms with Crippen molar-refractivity contribution in [1.29, 1.82) is 0 Å². The largest absolute Gasteiger partial charge is 0.462 e. The van der Waals surface area contributed by atoms with Gasteiger partial charge in [-0.05, 0) is 64.2 Å². The summed E-state index contributed by atoms with van der Waals surface area (Å²) in [7, 11) is 2.12. The van der Waals surface area contributed by atoms with Crippen molar-refractivity contribution in [3.8, 4) is 6.01 Å². The zero-order chi connectivity index (χ0) is 31.7. The van der Waals surface area contributed by atoms with E-state index in [0.29, 0.717) is 56.3 Å².